The summed E-state index contributed by atoms with van der Waals surface area (Å²) in [5, 5.41) is 11.9. The van der Waals surface area contributed by atoms with Gasteiger partial charge in [-0.2, -0.15) is 0 Å². The Balaban J connectivity index is 1.36. The molecule has 1 aromatic heterocycles. The highest BCUT2D eigenvalue weighted by Crippen LogP contribution is 2.47. The van der Waals surface area contributed by atoms with Gasteiger partial charge < -0.3 is 16.0 Å². The molecule has 3 N–H and O–H groups in total. The molecule has 3 aliphatic carbocycles. The van der Waals surface area contributed by atoms with Gasteiger partial charge in [0.15, 0.2) is 17.5 Å². The number of fused-ring (bicyclic) bond motifs is 12. The average Bonchev–Trinajstić information content (AvgIpc) is 3.49. The van der Waals surface area contributed by atoms with Gasteiger partial charge in [-0.1, -0.05) is 0 Å². The molecule has 9 aliphatic rings. The van der Waals surface area contributed by atoms with E-state index in [1.54, 1.807) is 0 Å². The summed E-state index contributed by atoms with van der Waals surface area (Å²) in [5.74, 6) is 5.91. The highest BCUT2D eigenvalue weighted by molar-refractivity contribution is 5.22. The van der Waals surface area contributed by atoms with E-state index in [1.165, 1.54) is 96.3 Å². The van der Waals surface area contributed by atoms with Gasteiger partial charge in [0, 0.05) is 0 Å². The minimum Gasteiger partial charge on any atom is -0.305 e. The fraction of sp³-hybridized carbons (Fsp3) is 0.889. The lowest BCUT2D eigenvalue weighted by atomic mass is 9.75. The summed E-state index contributed by atoms with van der Waals surface area (Å²) >= 11 is 0. The van der Waals surface area contributed by atoms with Crippen molar-refractivity contribution in [1.29, 1.82) is 0 Å². The summed E-state index contributed by atoms with van der Waals surface area (Å²) in [7, 11) is 0. The van der Waals surface area contributed by atoms with Crippen molar-refractivity contribution in [3.63, 3.8) is 0 Å². The van der Waals surface area contributed by atoms with Gasteiger partial charge in [0.05, 0.1) is 16.6 Å². The van der Waals surface area contributed by atoms with E-state index in [0.29, 0.717) is 0 Å². The van der Waals surface area contributed by atoms with Crippen molar-refractivity contribution in [3.05, 3.63) is 17.5 Å². The smallest absolute Gasteiger partial charge is 0.152 e. The molecule has 0 amide bonds. The van der Waals surface area contributed by atoms with Gasteiger partial charge in [0.1, 0.15) is 0 Å². The van der Waals surface area contributed by atoms with Crippen molar-refractivity contribution in [2.75, 3.05) is 19.6 Å². The molecule has 0 atom stereocenters. The maximum Gasteiger partial charge on any atom is 0.152 e. The molecule has 9 fully saturated rings. The Bertz CT molecular complexity index is 732. The van der Waals surface area contributed by atoms with Crippen molar-refractivity contribution >= 4 is 0 Å². The predicted molar refractivity (Wildman–Crippen MR) is 129 cm³/mol. The van der Waals surface area contributed by atoms with E-state index in [-0.39, 0.29) is 16.6 Å². The summed E-state index contributed by atoms with van der Waals surface area (Å²) in [4.78, 5) is 16.3. The van der Waals surface area contributed by atoms with Crippen molar-refractivity contribution in [3.8, 4) is 0 Å². The van der Waals surface area contributed by atoms with Crippen molar-refractivity contribution < 1.29 is 0 Å². The third-order valence-corrected chi connectivity index (χ3v) is 10.8. The zero-order chi connectivity index (χ0) is 21.9. The SMILES string of the molecule is C1CC2CCC(c3nc(C45CCC(CCN4)CC5)nc(C45CCC(CCN4)CC5)n3)(CC2)N1. The van der Waals surface area contributed by atoms with Crippen LogP contribution in [0.2, 0.25) is 0 Å². The number of rotatable bonds is 3. The molecule has 6 nitrogen and oxygen atoms in total. The second kappa shape index (κ2) is 7.96. The van der Waals surface area contributed by atoms with Crippen LogP contribution in [0.4, 0.5) is 0 Å². The molecule has 7 heterocycles. The Hall–Kier alpha value is -1.11. The Morgan fingerprint density at radius 2 is 0.697 bits per heavy atom. The van der Waals surface area contributed by atoms with E-state index in [1.807, 2.05) is 0 Å². The molecule has 6 heteroatoms. The Kier molecular flexibility index (Phi) is 5.11. The molecular weight excluding hydrogens is 408 g/mol. The summed E-state index contributed by atoms with van der Waals surface area (Å²) in [5.41, 5.74) is -0.135. The van der Waals surface area contributed by atoms with E-state index in [9.17, 15) is 0 Å². The highest BCUT2D eigenvalue weighted by atomic mass is 15.2. The van der Waals surface area contributed by atoms with Crippen LogP contribution >= 0.6 is 0 Å². The number of aromatic nitrogens is 3. The lowest BCUT2D eigenvalue weighted by Crippen LogP contribution is -2.50. The van der Waals surface area contributed by atoms with Crippen molar-refractivity contribution in [1.82, 2.24) is 30.9 Å². The molecule has 10 rings (SSSR count). The standard InChI is InChI=1S/C27H42N6/c1-10-25(11-2-19(1)7-16-28-25)22-31-23(26-12-3-20(4-13-26)8-17-29-26)33-24(32-22)27-14-5-21(6-15-27)9-18-30-27/h19-21,28-30H,1-18H2. The fourth-order valence-electron chi connectivity index (χ4n) is 8.38. The number of nitrogens with one attached hydrogen (secondary N) is 3. The van der Waals surface area contributed by atoms with Crippen LogP contribution < -0.4 is 16.0 Å². The molecule has 6 bridgehead atoms. The van der Waals surface area contributed by atoms with Crippen LogP contribution in [0.5, 0.6) is 0 Å². The summed E-state index contributed by atoms with van der Waals surface area (Å²) in [6, 6.07) is 0. The van der Waals surface area contributed by atoms with Gasteiger partial charge in [0.25, 0.3) is 0 Å². The first-order chi connectivity index (χ1) is 16.2. The number of nitrogens with zero attached hydrogens (tertiary/aromatic N) is 3. The van der Waals surface area contributed by atoms with Gasteiger partial charge in [-0.05, 0) is 134 Å². The third kappa shape index (κ3) is 3.49. The molecule has 0 spiro atoms. The zero-order valence-electron chi connectivity index (χ0n) is 20.3. The van der Waals surface area contributed by atoms with E-state index in [4.69, 9.17) is 15.0 Å². The first kappa shape index (κ1) is 21.2. The summed E-state index contributed by atoms with van der Waals surface area (Å²) < 4.78 is 0. The normalized spacial score (nSPS) is 44.9. The van der Waals surface area contributed by atoms with Gasteiger partial charge in [-0.25, -0.2) is 15.0 Å². The molecule has 6 saturated heterocycles. The maximum atomic E-state index is 5.42. The molecule has 0 unspecified atom stereocenters. The Morgan fingerprint density at radius 3 is 0.970 bits per heavy atom. The molecule has 0 aromatic carbocycles. The zero-order valence-corrected chi connectivity index (χ0v) is 20.3. The van der Waals surface area contributed by atoms with Gasteiger partial charge in [-0.15, -0.1) is 0 Å². The predicted octanol–water partition coefficient (Wildman–Crippen LogP) is 4.01. The summed E-state index contributed by atoms with van der Waals surface area (Å²) in [6.45, 7) is 3.32. The monoisotopic (exact) mass is 450 g/mol. The van der Waals surface area contributed by atoms with E-state index in [0.717, 1.165) is 54.9 Å². The van der Waals surface area contributed by atoms with E-state index in [2.05, 4.69) is 16.0 Å². The average molecular weight is 451 g/mol. The number of hydrogen-bond acceptors (Lipinski definition) is 6. The number of hydrogen-bond donors (Lipinski definition) is 3. The van der Waals surface area contributed by atoms with Crippen LogP contribution in [0.1, 0.15) is 114 Å². The Labute approximate surface area is 198 Å². The van der Waals surface area contributed by atoms with Crippen LogP contribution in [0.3, 0.4) is 0 Å². The second-order valence-corrected chi connectivity index (χ2v) is 12.5. The van der Waals surface area contributed by atoms with E-state index < -0.39 is 0 Å². The van der Waals surface area contributed by atoms with Crippen molar-refractivity contribution in [2.45, 2.75) is 113 Å². The topological polar surface area (TPSA) is 74.8 Å². The van der Waals surface area contributed by atoms with Gasteiger partial charge >= 0.3 is 0 Å². The molecule has 33 heavy (non-hydrogen) atoms. The first-order valence-electron chi connectivity index (χ1n) is 14.2. The quantitative estimate of drug-likeness (QED) is 0.646. The molecule has 1 aromatic rings. The minimum absolute atomic E-state index is 0.0451. The van der Waals surface area contributed by atoms with Crippen LogP contribution in [0, 0.1) is 17.8 Å². The molecule has 6 aliphatic heterocycles. The van der Waals surface area contributed by atoms with E-state index >= 15 is 0 Å². The lowest BCUT2D eigenvalue weighted by Gasteiger charge is -2.41. The Morgan fingerprint density at radius 1 is 0.424 bits per heavy atom. The van der Waals surface area contributed by atoms with Crippen molar-refractivity contribution in [2.24, 2.45) is 17.8 Å². The van der Waals surface area contributed by atoms with Gasteiger partial charge in [0.2, 0.25) is 0 Å². The van der Waals surface area contributed by atoms with Crippen LogP contribution in [-0.4, -0.2) is 34.6 Å². The van der Waals surface area contributed by atoms with Crippen LogP contribution in [-0.2, 0) is 16.6 Å². The fourth-order valence-corrected chi connectivity index (χ4v) is 8.38. The van der Waals surface area contributed by atoms with Gasteiger partial charge in [-0.3, -0.25) is 0 Å². The molecule has 0 radical (unpaired) electrons. The highest BCUT2D eigenvalue weighted by Gasteiger charge is 2.48. The first-order valence-corrected chi connectivity index (χ1v) is 14.2. The molecular formula is C27H42N6. The lowest BCUT2D eigenvalue weighted by molar-refractivity contribution is 0.189. The summed E-state index contributed by atoms with van der Waals surface area (Å²) in [6.07, 6.45) is 19.0. The third-order valence-electron chi connectivity index (χ3n) is 10.8. The van der Waals surface area contributed by atoms with Crippen LogP contribution in [0.15, 0.2) is 0 Å². The maximum absolute atomic E-state index is 5.42. The largest absolute Gasteiger partial charge is 0.305 e. The molecule has 180 valence electrons. The molecule has 3 saturated carbocycles. The second-order valence-electron chi connectivity index (χ2n) is 12.5. The van der Waals surface area contributed by atoms with Crippen LogP contribution in [0.25, 0.3) is 0 Å². The minimum atomic E-state index is -0.0451.